The molecule has 2 aromatic carbocycles. The Morgan fingerprint density at radius 1 is 1.09 bits per heavy atom. The molecule has 0 saturated carbocycles. The molecule has 2 aromatic rings. The maximum Gasteiger partial charge on any atom is 0.331 e. The number of para-hydroxylation sites is 2. The molecule has 2 atom stereocenters. The second-order valence-electron chi connectivity index (χ2n) is 4.99. The summed E-state index contributed by atoms with van der Waals surface area (Å²) in [4.78, 5) is 11.4. The fourth-order valence-electron chi connectivity index (χ4n) is 2.51. The summed E-state index contributed by atoms with van der Waals surface area (Å²) in [6.45, 7) is 0. The molecule has 4 heteroatoms. The lowest BCUT2D eigenvalue weighted by molar-refractivity contribution is -0.139. The van der Waals surface area contributed by atoms with Crippen LogP contribution < -0.4 is 10.1 Å². The van der Waals surface area contributed by atoms with Gasteiger partial charge in [0.2, 0.25) is 0 Å². The molecule has 1 aliphatic rings. The van der Waals surface area contributed by atoms with Gasteiger partial charge in [-0.1, -0.05) is 42.5 Å². The van der Waals surface area contributed by atoms with Gasteiger partial charge in [0.1, 0.15) is 11.9 Å². The average Bonchev–Trinajstić information content (AvgIpc) is 3.00. The maximum absolute atomic E-state index is 11.4. The highest BCUT2D eigenvalue weighted by atomic mass is 16.5. The van der Waals surface area contributed by atoms with E-state index in [0.29, 0.717) is 0 Å². The van der Waals surface area contributed by atoms with E-state index in [4.69, 9.17) is 9.47 Å². The van der Waals surface area contributed by atoms with Gasteiger partial charge in [0.15, 0.2) is 0 Å². The highest BCUT2D eigenvalue weighted by Crippen LogP contribution is 2.32. The number of rotatable bonds is 5. The van der Waals surface area contributed by atoms with Crippen molar-refractivity contribution in [1.82, 2.24) is 0 Å². The molecule has 0 aromatic heterocycles. The SMILES string of the molecule is COc1ccccc1N[C@H](c1ccccc1)[C@@H]1C=CC(=O)O1. The van der Waals surface area contributed by atoms with E-state index in [9.17, 15) is 4.79 Å². The Labute approximate surface area is 129 Å². The van der Waals surface area contributed by atoms with Crippen LogP contribution in [0.15, 0.2) is 66.7 Å². The van der Waals surface area contributed by atoms with Crippen LogP contribution in [-0.2, 0) is 9.53 Å². The molecule has 0 spiro atoms. The average molecular weight is 295 g/mol. The zero-order valence-electron chi connectivity index (χ0n) is 12.2. The third-order valence-electron chi connectivity index (χ3n) is 3.58. The number of cyclic esters (lactones) is 1. The van der Waals surface area contributed by atoms with E-state index in [1.807, 2.05) is 54.6 Å². The van der Waals surface area contributed by atoms with Crippen molar-refractivity contribution >= 4 is 11.7 Å². The van der Waals surface area contributed by atoms with Crippen molar-refractivity contribution in [3.8, 4) is 5.75 Å². The van der Waals surface area contributed by atoms with Crippen LogP contribution in [0.2, 0.25) is 0 Å². The van der Waals surface area contributed by atoms with E-state index in [1.54, 1.807) is 13.2 Å². The number of nitrogens with one attached hydrogen (secondary N) is 1. The standard InChI is InChI=1S/C18H17NO3/c1-21-15-10-6-5-9-14(15)19-18(13-7-3-2-4-8-13)16-11-12-17(20)22-16/h2-12,16,18-19H,1H3/t16-,18+/m0/s1. The first-order valence-corrected chi connectivity index (χ1v) is 7.11. The van der Waals surface area contributed by atoms with Crippen LogP contribution in [0.5, 0.6) is 5.75 Å². The fourth-order valence-corrected chi connectivity index (χ4v) is 2.51. The lowest BCUT2D eigenvalue weighted by Crippen LogP contribution is -2.25. The van der Waals surface area contributed by atoms with E-state index in [2.05, 4.69) is 5.32 Å². The van der Waals surface area contributed by atoms with Gasteiger partial charge in [0.05, 0.1) is 18.8 Å². The van der Waals surface area contributed by atoms with E-state index in [1.165, 1.54) is 6.08 Å². The number of hydrogen-bond donors (Lipinski definition) is 1. The summed E-state index contributed by atoms with van der Waals surface area (Å²) in [5.41, 5.74) is 1.90. The molecule has 0 bridgehead atoms. The summed E-state index contributed by atoms with van der Waals surface area (Å²) in [7, 11) is 1.63. The molecule has 1 heterocycles. The molecule has 0 amide bonds. The zero-order chi connectivity index (χ0) is 15.4. The predicted octanol–water partition coefficient (Wildman–Crippen LogP) is 3.33. The molecule has 0 saturated heterocycles. The van der Waals surface area contributed by atoms with E-state index in [-0.39, 0.29) is 18.1 Å². The van der Waals surface area contributed by atoms with Crippen LogP contribution >= 0.6 is 0 Å². The summed E-state index contributed by atoms with van der Waals surface area (Å²) >= 11 is 0. The first-order chi connectivity index (χ1) is 10.8. The molecule has 0 aliphatic carbocycles. The summed E-state index contributed by atoms with van der Waals surface area (Å²) in [6.07, 6.45) is 2.90. The molecular formula is C18H17NO3. The molecule has 0 fully saturated rings. The summed E-state index contributed by atoms with van der Waals surface area (Å²) in [5, 5.41) is 3.42. The second-order valence-corrected chi connectivity index (χ2v) is 4.99. The van der Waals surface area contributed by atoms with E-state index < -0.39 is 0 Å². The van der Waals surface area contributed by atoms with Crippen molar-refractivity contribution in [3.05, 3.63) is 72.3 Å². The molecule has 1 N–H and O–H groups in total. The van der Waals surface area contributed by atoms with Crippen molar-refractivity contribution in [1.29, 1.82) is 0 Å². The molecule has 22 heavy (non-hydrogen) atoms. The van der Waals surface area contributed by atoms with Gasteiger partial charge in [-0.25, -0.2) is 4.79 Å². The molecule has 1 aliphatic heterocycles. The van der Waals surface area contributed by atoms with Gasteiger partial charge in [-0.3, -0.25) is 0 Å². The minimum atomic E-state index is -0.347. The Balaban J connectivity index is 1.92. The number of benzene rings is 2. The Bertz CT molecular complexity index is 682. The highest BCUT2D eigenvalue weighted by molar-refractivity contribution is 5.84. The highest BCUT2D eigenvalue weighted by Gasteiger charge is 2.28. The molecule has 0 unspecified atom stereocenters. The quantitative estimate of drug-likeness (QED) is 0.860. The number of esters is 1. The maximum atomic E-state index is 11.4. The first kappa shape index (κ1) is 14.2. The smallest absolute Gasteiger partial charge is 0.331 e. The molecule has 112 valence electrons. The monoisotopic (exact) mass is 295 g/mol. The number of carbonyl (C=O) groups is 1. The first-order valence-electron chi connectivity index (χ1n) is 7.11. The van der Waals surface area contributed by atoms with Gasteiger partial charge in [0.25, 0.3) is 0 Å². The van der Waals surface area contributed by atoms with Crippen LogP contribution in [0.4, 0.5) is 5.69 Å². The summed E-state index contributed by atoms with van der Waals surface area (Å²) in [6, 6.07) is 17.4. The Morgan fingerprint density at radius 3 is 2.50 bits per heavy atom. The van der Waals surface area contributed by atoms with Gasteiger partial charge < -0.3 is 14.8 Å². The lowest BCUT2D eigenvalue weighted by Gasteiger charge is -2.25. The van der Waals surface area contributed by atoms with Crippen LogP contribution in [-0.4, -0.2) is 19.2 Å². The van der Waals surface area contributed by atoms with Gasteiger partial charge in [-0.15, -0.1) is 0 Å². The third-order valence-corrected chi connectivity index (χ3v) is 3.58. The molecule has 0 radical (unpaired) electrons. The van der Waals surface area contributed by atoms with Gasteiger partial charge in [-0.05, 0) is 23.8 Å². The summed E-state index contributed by atoms with van der Waals surface area (Å²) in [5.74, 6) is 0.435. The lowest BCUT2D eigenvalue weighted by atomic mass is 10.0. The van der Waals surface area contributed by atoms with E-state index in [0.717, 1.165) is 17.0 Å². The van der Waals surface area contributed by atoms with Crippen LogP contribution in [0.25, 0.3) is 0 Å². The topological polar surface area (TPSA) is 47.6 Å². The molecular weight excluding hydrogens is 278 g/mol. The number of ether oxygens (including phenoxy) is 2. The Hall–Kier alpha value is -2.75. The van der Waals surface area contributed by atoms with Gasteiger partial charge in [-0.2, -0.15) is 0 Å². The molecule has 3 rings (SSSR count). The van der Waals surface area contributed by atoms with Crippen molar-refractivity contribution in [3.63, 3.8) is 0 Å². The number of anilines is 1. The molecule has 4 nitrogen and oxygen atoms in total. The number of methoxy groups -OCH3 is 1. The fraction of sp³-hybridized carbons (Fsp3) is 0.167. The van der Waals surface area contributed by atoms with E-state index >= 15 is 0 Å². The van der Waals surface area contributed by atoms with Gasteiger partial charge in [0, 0.05) is 6.08 Å². The summed E-state index contributed by atoms with van der Waals surface area (Å²) < 4.78 is 10.7. The van der Waals surface area contributed by atoms with Gasteiger partial charge >= 0.3 is 5.97 Å². The van der Waals surface area contributed by atoms with Crippen LogP contribution in [0, 0.1) is 0 Å². The van der Waals surface area contributed by atoms with Crippen LogP contribution in [0.3, 0.4) is 0 Å². The van der Waals surface area contributed by atoms with Crippen molar-refractivity contribution in [2.45, 2.75) is 12.1 Å². The Kier molecular flexibility index (Phi) is 4.10. The largest absolute Gasteiger partial charge is 0.495 e. The Morgan fingerprint density at radius 2 is 1.82 bits per heavy atom. The number of carbonyl (C=O) groups excluding carboxylic acids is 1. The van der Waals surface area contributed by atoms with Crippen molar-refractivity contribution in [2.24, 2.45) is 0 Å². The van der Waals surface area contributed by atoms with Crippen molar-refractivity contribution in [2.75, 3.05) is 12.4 Å². The predicted molar refractivity (Wildman–Crippen MR) is 84.8 cm³/mol. The van der Waals surface area contributed by atoms with Crippen LogP contribution in [0.1, 0.15) is 11.6 Å². The zero-order valence-corrected chi connectivity index (χ0v) is 12.2. The number of hydrogen-bond acceptors (Lipinski definition) is 4. The van der Waals surface area contributed by atoms with Crippen molar-refractivity contribution < 1.29 is 14.3 Å². The third kappa shape index (κ3) is 2.96. The normalized spacial score (nSPS) is 17.9. The minimum absolute atomic E-state index is 0.180. The second kappa shape index (κ2) is 6.35. The minimum Gasteiger partial charge on any atom is -0.495 e.